The molecular weight excluding hydrogens is 310 g/mol. The fourth-order valence-corrected chi connectivity index (χ4v) is 2.02. The van der Waals surface area contributed by atoms with E-state index in [-0.39, 0.29) is 5.97 Å². The molecule has 0 saturated heterocycles. The zero-order valence-electron chi connectivity index (χ0n) is 11.6. The molecular formula is C14H20BrNO3. The number of carbonyl (C=O) groups excluding carboxylic acids is 1. The number of esters is 1. The van der Waals surface area contributed by atoms with Crippen LogP contribution >= 0.6 is 15.9 Å². The van der Waals surface area contributed by atoms with Gasteiger partial charge in [-0.25, -0.2) is 4.98 Å². The Kier molecular flexibility index (Phi) is 6.28. The lowest BCUT2D eigenvalue weighted by atomic mass is 9.87. The van der Waals surface area contributed by atoms with E-state index in [9.17, 15) is 4.79 Å². The van der Waals surface area contributed by atoms with E-state index in [2.05, 4.69) is 20.9 Å². The molecule has 0 N–H and O–H groups in total. The Labute approximate surface area is 122 Å². The molecule has 0 aliphatic heterocycles. The van der Waals surface area contributed by atoms with Crippen molar-refractivity contribution in [1.82, 2.24) is 4.98 Å². The molecule has 0 spiro atoms. The molecule has 1 rings (SSSR count). The summed E-state index contributed by atoms with van der Waals surface area (Å²) in [6.45, 7) is 4.39. The fraction of sp³-hybridized carbons (Fsp3) is 0.571. The van der Waals surface area contributed by atoms with Gasteiger partial charge in [-0.15, -0.1) is 0 Å². The van der Waals surface area contributed by atoms with Gasteiger partial charge in [0.1, 0.15) is 4.60 Å². The van der Waals surface area contributed by atoms with Crippen LogP contribution in [-0.4, -0.2) is 24.7 Å². The van der Waals surface area contributed by atoms with E-state index in [1.165, 1.54) is 7.11 Å². The topological polar surface area (TPSA) is 48.4 Å². The van der Waals surface area contributed by atoms with Gasteiger partial charge in [-0.3, -0.25) is 4.79 Å². The minimum absolute atomic E-state index is 0.165. The number of rotatable bonds is 7. The molecule has 5 heteroatoms. The summed E-state index contributed by atoms with van der Waals surface area (Å²) in [6.07, 6.45) is 2.58. The quantitative estimate of drug-likeness (QED) is 0.435. The maximum Gasteiger partial charge on any atom is 0.311 e. The summed E-state index contributed by atoms with van der Waals surface area (Å²) in [5, 5.41) is 0. The number of unbranched alkanes of at least 4 members (excludes halogenated alkanes) is 1. The van der Waals surface area contributed by atoms with Crippen molar-refractivity contribution in [3.05, 3.63) is 22.8 Å². The van der Waals surface area contributed by atoms with E-state index >= 15 is 0 Å². The van der Waals surface area contributed by atoms with Crippen molar-refractivity contribution < 1.29 is 14.3 Å². The standard InChI is InChI=1S/C14H20BrNO3/c1-14(2,13(17)18-3)9-4-5-10-19-12-8-6-7-11(15)16-12/h6-8H,4-5,9-10H2,1-3H3. The molecule has 0 unspecified atom stereocenters. The SMILES string of the molecule is COC(=O)C(C)(C)CCCCOc1cccc(Br)n1. The van der Waals surface area contributed by atoms with Gasteiger partial charge < -0.3 is 9.47 Å². The lowest BCUT2D eigenvalue weighted by molar-refractivity contribution is -0.151. The molecule has 0 atom stereocenters. The number of hydrogen-bond donors (Lipinski definition) is 0. The third kappa shape index (κ3) is 5.59. The Morgan fingerprint density at radius 1 is 1.37 bits per heavy atom. The van der Waals surface area contributed by atoms with Crippen LogP contribution in [0.2, 0.25) is 0 Å². The van der Waals surface area contributed by atoms with Crippen LogP contribution in [0.15, 0.2) is 22.8 Å². The maximum atomic E-state index is 11.5. The van der Waals surface area contributed by atoms with Crippen LogP contribution in [0.1, 0.15) is 33.1 Å². The first kappa shape index (κ1) is 16.0. The van der Waals surface area contributed by atoms with Gasteiger partial charge in [0.25, 0.3) is 0 Å². The van der Waals surface area contributed by atoms with E-state index in [1.807, 2.05) is 32.0 Å². The Bertz CT molecular complexity index is 421. The molecule has 0 saturated carbocycles. The number of carbonyl (C=O) groups is 1. The molecule has 0 aliphatic carbocycles. The van der Waals surface area contributed by atoms with Crippen molar-refractivity contribution in [2.45, 2.75) is 33.1 Å². The summed E-state index contributed by atoms with van der Waals surface area (Å²) in [5.74, 6) is 0.448. The number of pyridine rings is 1. The molecule has 1 aromatic heterocycles. The Morgan fingerprint density at radius 3 is 2.74 bits per heavy atom. The minimum atomic E-state index is -0.428. The number of hydrogen-bond acceptors (Lipinski definition) is 4. The highest BCUT2D eigenvalue weighted by atomic mass is 79.9. The van der Waals surface area contributed by atoms with Gasteiger partial charge in [0.15, 0.2) is 0 Å². The zero-order chi connectivity index (χ0) is 14.3. The van der Waals surface area contributed by atoms with E-state index in [0.717, 1.165) is 23.9 Å². The average Bonchev–Trinajstić information content (AvgIpc) is 2.37. The van der Waals surface area contributed by atoms with Crippen molar-refractivity contribution in [3.8, 4) is 5.88 Å². The fourth-order valence-electron chi connectivity index (χ4n) is 1.69. The van der Waals surface area contributed by atoms with Gasteiger partial charge in [-0.1, -0.05) is 6.07 Å². The van der Waals surface area contributed by atoms with Gasteiger partial charge in [-0.05, 0) is 55.1 Å². The number of methoxy groups -OCH3 is 1. The summed E-state index contributed by atoms with van der Waals surface area (Å²) in [5.41, 5.74) is -0.428. The van der Waals surface area contributed by atoms with Gasteiger partial charge in [0.2, 0.25) is 5.88 Å². The highest BCUT2D eigenvalue weighted by Gasteiger charge is 2.27. The predicted molar refractivity (Wildman–Crippen MR) is 77.1 cm³/mol. The first-order chi connectivity index (χ1) is 8.95. The molecule has 0 fully saturated rings. The van der Waals surface area contributed by atoms with E-state index < -0.39 is 5.41 Å². The highest BCUT2D eigenvalue weighted by Crippen LogP contribution is 2.24. The second kappa shape index (κ2) is 7.48. The minimum Gasteiger partial charge on any atom is -0.478 e. The zero-order valence-corrected chi connectivity index (χ0v) is 13.2. The third-order valence-corrected chi connectivity index (χ3v) is 3.32. The normalized spacial score (nSPS) is 11.2. The van der Waals surface area contributed by atoms with E-state index in [1.54, 1.807) is 0 Å². The highest BCUT2D eigenvalue weighted by molar-refractivity contribution is 9.10. The predicted octanol–water partition coefficient (Wildman–Crippen LogP) is 3.59. The van der Waals surface area contributed by atoms with Crippen LogP contribution in [0.25, 0.3) is 0 Å². The summed E-state index contributed by atoms with van der Waals surface area (Å²) in [6, 6.07) is 5.56. The molecule has 0 aromatic carbocycles. The molecule has 0 bridgehead atoms. The molecule has 1 heterocycles. The van der Waals surface area contributed by atoms with Crippen LogP contribution in [0.4, 0.5) is 0 Å². The van der Waals surface area contributed by atoms with E-state index in [0.29, 0.717) is 12.5 Å². The summed E-state index contributed by atoms with van der Waals surface area (Å²) >= 11 is 3.29. The lowest BCUT2D eigenvalue weighted by Gasteiger charge is -2.20. The maximum absolute atomic E-state index is 11.5. The van der Waals surface area contributed by atoms with Gasteiger partial charge in [0, 0.05) is 6.07 Å². The first-order valence-electron chi connectivity index (χ1n) is 6.29. The van der Waals surface area contributed by atoms with Gasteiger partial charge >= 0.3 is 5.97 Å². The summed E-state index contributed by atoms with van der Waals surface area (Å²) in [7, 11) is 1.42. The molecule has 106 valence electrons. The Balaban J connectivity index is 2.23. The number of ether oxygens (including phenoxy) is 2. The van der Waals surface area contributed by atoms with Gasteiger partial charge in [-0.2, -0.15) is 0 Å². The van der Waals surface area contributed by atoms with Crippen molar-refractivity contribution in [2.24, 2.45) is 5.41 Å². The van der Waals surface area contributed by atoms with Crippen molar-refractivity contribution in [2.75, 3.05) is 13.7 Å². The number of nitrogens with zero attached hydrogens (tertiary/aromatic N) is 1. The molecule has 19 heavy (non-hydrogen) atoms. The van der Waals surface area contributed by atoms with Crippen molar-refractivity contribution in [3.63, 3.8) is 0 Å². The molecule has 0 radical (unpaired) electrons. The van der Waals surface area contributed by atoms with E-state index in [4.69, 9.17) is 9.47 Å². The number of halogens is 1. The third-order valence-electron chi connectivity index (χ3n) is 2.87. The van der Waals surface area contributed by atoms with Crippen LogP contribution in [0, 0.1) is 5.41 Å². The van der Waals surface area contributed by atoms with Crippen molar-refractivity contribution in [1.29, 1.82) is 0 Å². The summed E-state index contributed by atoms with van der Waals surface area (Å²) < 4.78 is 11.1. The van der Waals surface area contributed by atoms with Gasteiger partial charge in [0.05, 0.1) is 19.1 Å². The van der Waals surface area contributed by atoms with Crippen molar-refractivity contribution >= 4 is 21.9 Å². The van der Waals surface area contributed by atoms with Crippen LogP contribution in [0.5, 0.6) is 5.88 Å². The molecule has 0 amide bonds. The van der Waals surface area contributed by atoms with Crippen LogP contribution < -0.4 is 4.74 Å². The molecule has 1 aromatic rings. The molecule has 0 aliphatic rings. The summed E-state index contributed by atoms with van der Waals surface area (Å²) in [4.78, 5) is 15.7. The van der Waals surface area contributed by atoms with Crippen LogP contribution in [0.3, 0.4) is 0 Å². The monoisotopic (exact) mass is 329 g/mol. The average molecular weight is 330 g/mol. The second-order valence-electron chi connectivity index (χ2n) is 4.98. The largest absolute Gasteiger partial charge is 0.478 e. The van der Waals surface area contributed by atoms with Crippen LogP contribution in [-0.2, 0) is 9.53 Å². The second-order valence-corrected chi connectivity index (χ2v) is 5.79. The Morgan fingerprint density at radius 2 is 2.11 bits per heavy atom. The Hall–Kier alpha value is -1.10. The first-order valence-corrected chi connectivity index (χ1v) is 7.09. The molecule has 4 nitrogen and oxygen atoms in total. The smallest absolute Gasteiger partial charge is 0.311 e. The number of aromatic nitrogens is 1. The lowest BCUT2D eigenvalue weighted by Crippen LogP contribution is -2.25.